The predicted molar refractivity (Wildman–Crippen MR) is 122 cm³/mol. The van der Waals surface area contributed by atoms with Gasteiger partial charge in [0.1, 0.15) is 5.75 Å². The minimum atomic E-state index is -4.83. The number of nitrogens with one attached hydrogen (secondary N) is 1. The summed E-state index contributed by atoms with van der Waals surface area (Å²) in [6.45, 7) is 5.70. The number of aromatic nitrogens is 1. The first kappa shape index (κ1) is 25.4. The van der Waals surface area contributed by atoms with Gasteiger partial charge in [-0.15, -0.1) is 0 Å². The van der Waals surface area contributed by atoms with E-state index in [2.05, 4.69) is 10.3 Å². The second kappa shape index (κ2) is 9.98. The number of pyridine rings is 1. The van der Waals surface area contributed by atoms with Gasteiger partial charge >= 0.3 is 6.18 Å². The summed E-state index contributed by atoms with van der Waals surface area (Å²) in [5.74, 6) is -0.972. The summed E-state index contributed by atoms with van der Waals surface area (Å²) in [6, 6.07) is 9.50. The van der Waals surface area contributed by atoms with Crippen molar-refractivity contribution in [3.63, 3.8) is 0 Å². The van der Waals surface area contributed by atoms with Crippen LogP contribution in [0.4, 0.5) is 18.9 Å². The van der Waals surface area contributed by atoms with E-state index in [-0.39, 0.29) is 46.9 Å². The molecule has 0 fully saturated rings. The van der Waals surface area contributed by atoms with E-state index < -0.39 is 33.2 Å². The van der Waals surface area contributed by atoms with Crippen LogP contribution < -0.4 is 10.1 Å². The summed E-state index contributed by atoms with van der Waals surface area (Å²) < 4.78 is 74.4. The predicted octanol–water partition coefficient (Wildman–Crippen LogP) is 4.94. The molecule has 1 heterocycles. The van der Waals surface area contributed by atoms with E-state index in [1.165, 1.54) is 40.7 Å². The number of carbonyl (C=O) groups excluding carboxylic acids is 1. The van der Waals surface area contributed by atoms with Gasteiger partial charge < -0.3 is 10.1 Å². The summed E-state index contributed by atoms with van der Waals surface area (Å²) in [6.07, 6.45) is -3.97. The molecule has 0 aliphatic rings. The third-order valence-corrected chi connectivity index (χ3v) is 7.19. The van der Waals surface area contributed by atoms with E-state index >= 15 is 0 Å². The van der Waals surface area contributed by atoms with Crippen molar-refractivity contribution in [1.29, 1.82) is 0 Å². The molecule has 0 aliphatic carbocycles. The lowest BCUT2D eigenvalue weighted by molar-refractivity contribution is -0.136. The maximum atomic E-state index is 13.9. The van der Waals surface area contributed by atoms with Crippen molar-refractivity contribution in [1.82, 2.24) is 9.29 Å². The standard InChI is InChI=1S/C23H24F3N3O4S/c1-4-29(5-2)34(31,32)15-11-12-20(33-6-3)19(13-15)28-22(30)17-14-27-18-10-8-7-9-16(18)21(17)23(24,25)26/h7-14H,4-6H2,1-3H3,(H,28,30). The molecule has 1 amide bonds. The SMILES string of the molecule is CCOc1ccc(S(=O)(=O)N(CC)CC)cc1NC(=O)c1cnc2ccccc2c1C(F)(F)F. The Bertz CT molecular complexity index is 1310. The number of alkyl halides is 3. The van der Waals surface area contributed by atoms with Crippen LogP contribution in [-0.4, -0.2) is 43.3 Å². The van der Waals surface area contributed by atoms with E-state index in [0.717, 1.165) is 6.20 Å². The number of nitrogens with zero attached hydrogens (tertiary/aromatic N) is 2. The van der Waals surface area contributed by atoms with Crippen molar-refractivity contribution in [2.24, 2.45) is 0 Å². The summed E-state index contributed by atoms with van der Waals surface area (Å²) in [5, 5.41) is 2.17. The highest BCUT2D eigenvalue weighted by Gasteiger charge is 2.38. The van der Waals surface area contributed by atoms with E-state index in [4.69, 9.17) is 4.74 Å². The zero-order valence-corrected chi connectivity index (χ0v) is 19.6. The molecule has 1 N–H and O–H groups in total. The number of para-hydroxylation sites is 1. The van der Waals surface area contributed by atoms with E-state index in [1.54, 1.807) is 26.8 Å². The van der Waals surface area contributed by atoms with E-state index in [0.29, 0.717) is 0 Å². The van der Waals surface area contributed by atoms with Crippen LogP contribution in [0.1, 0.15) is 36.7 Å². The molecule has 1 aromatic heterocycles. The van der Waals surface area contributed by atoms with Gasteiger partial charge in [0.05, 0.1) is 33.8 Å². The Morgan fingerprint density at radius 1 is 1.09 bits per heavy atom. The molecule has 0 aliphatic heterocycles. The molecule has 0 saturated heterocycles. The minimum absolute atomic E-state index is 0.0682. The van der Waals surface area contributed by atoms with Crippen LogP contribution >= 0.6 is 0 Å². The molecule has 0 unspecified atom stereocenters. The number of benzene rings is 2. The Kier molecular flexibility index (Phi) is 7.47. The second-order valence-electron chi connectivity index (χ2n) is 7.20. The molecule has 7 nitrogen and oxygen atoms in total. The van der Waals surface area contributed by atoms with Crippen molar-refractivity contribution < 1.29 is 31.1 Å². The van der Waals surface area contributed by atoms with Crippen LogP contribution in [0.5, 0.6) is 5.75 Å². The van der Waals surface area contributed by atoms with Crippen LogP contribution in [0, 0.1) is 0 Å². The Hall–Kier alpha value is -3.18. The number of fused-ring (bicyclic) bond motifs is 1. The van der Waals surface area contributed by atoms with Crippen LogP contribution in [0.15, 0.2) is 53.6 Å². The highest BCUT2D eigenvalue weighted by molar-refractivity contribution is 7.89. The number of hydrogen-bond donors (Lipinski definition) is 1. The van der Waals surface area contributed by atoms with Crippen LogP contribution in [0.2, 0.25) is 0 Å². The van der Waals surface area contributed by atoms with Crippen LogP contribution in [0.25, 0.3) is 10.9 Å². The number of anilines is 1. The topological polar surface area (TPSA) is 88.6 Å². The number of ether oxygens (including phenoxy) is 1. The maximum absolute atomic E-state index is 13.9. The molecule has 3 aromatic rings. The average Bonchev–Trinajstić information content (AvgIpc) is 2.79. The number of carbonyl (C=O) groups is 1. The fourth-order valence-corrected chi connectivity index (χ4v) is 5.05. The highest BCUT2D eigenvalue weighted by Crippen LogP contribution is 2.37. The number of amides is 1. The molecule has 11 heteroatoms. The van der Waals surface area contributed by atoms with Gasteiger partial charge in [-0.2, -0.15) is 17.5 Å². The Morgan fingerprint density at radius 3 is 2.38 bits per heavy atom. The number of sulfonamides is 1. The highest BCUT2D eigenvalue weighted by atomic mass is 32.2. The van der Waals surface area contributed by atoms with Crippen molar-refractivity contribution in [3.05, 3.63) is 59.8 Å². The fraction of sp³-hybridized carbons (Fsp3) is 0.304. The summed E-state index contributed by atoms with van der Waals surface area (Å²) in [4.78, 5) is 16.9. The molecular weight excluding hydrogens is 471 g/mol. The van der Waals surface area contributed by atoms with Gasteiger partial charge in [-0.05, 0) is 31.2 Å². The first-order chi connectivity index (χ1) is 16.0. The number of rotatable bonds is 8. The molecular formula is C23H24F3N3O4S. The minimum Gasteiger partial charge on any atom is -0.492 e. The van der Waals surface area contributed by atoms with Gasteiger partial charge in [0.15, 0.2) is 0 Å². The Balaban J connectivity index is 2.10. The van der Waals surface area contributed by atoms with Gasteiger partial charge in [-0.3, -0.25) is 9.78 Å². The molecule has 3 rings (SSSR count). The summed E-state index contributed by atoms with van der Waals surface area (Å²) in [5.41, 5.74) is -1.79. The smallest absolute Gasteiger partial charge is 0.417 e. The van der Waals surface area contributed by atoms with Crippen LogP contribution in [0.3, 0.4) is 0 Å². The molecule has 0 radical (unpaired) electrons. The Labute approximate surface area is 195 Å². The first-order valence-corrected chi connectivity index (χ1v) is 12.0. The lowest BCUT2D eigenvalue weighted by Crippen LogP contribution is -2.30. The normalized spacial score (nSPS) is 12.2. The molecule has 0 spiro atoms. The largest absolute Gasteiger partial charge is 0.492 e. The fourth-order valence-electron chi connectivity index (χ4n) is 3.57. The van der Waals surface area contributed by atoms with Crippen molar-refractivity contribution in [3.8, 4) is 5.75 Å². The van der Waals surface area contributed by atoms with Gasteiger partial charge in [-0.25, -0.2) is 8.42 Å². The zero-order chi connectivity index (χ0) is 25.1. The maximum Gasteiger partial charge on any atom is 0.417 e. The van der Waals surface area contributed by atoms with Crippen molar-refractivity contribution in [2.75, 3.05) is 25.0 Å². The molecule has 182 valence electrons. The van der Waals surface area contributed by atoms with E-state index in [1.807, 2.05) is 0 Å². The van der Waals surface area contributed by atoms with Gasteiger partial charge in [0.25, 0.3) is 5.91 Å². The van der Waals surface area contributed by atoms with Crippen LogP contribution in [-0.2, 0) is 16.2 Å². The third-order valence-electron chi connectivity index (χ3n) is 5.15. The monoisotopic (exact) mass is 495 g/mol. The quantitative estimate of drug-likeness (QED) is 0.479. The molecule has 0 bridgehead atoms. The lowest BCUT2D eigenvalue weighted by Gasteiger charge is -2.20. The second-order valence-corrected chi connectivity index (χ2v) is 9.13. The molecule has 0 saturated carbocycles. The van der Waals surface area contributed by atoms with E-state index in [9.17, 15) is 26.4 Å². The molecule has 0 atom stereocenters. The van der Waals surface area contributed by atoms with Gasteiger partial charge in [0.2, 0.25) is 10.0 Å². The van der Waals surface area contributed by atoms with Gasteiger partial charge in [-0.1, -0.05) is 32.0 Å². The number of hydrogen-bond acceptors (Lipinski definition) is 5. The first-order valence-electron chi connectivity index (χ1n) is 10.6. The zero-order valence-electron chi connectivity index (χ0n) is 18.8. The average molecular weight is 496 g/mol. The number of halogens is 3. The summed E-state index contributed by atoms with van der Waals surface area (Å²) >= 11 is 0. The third kappa shape index (κ3) is 5.00. The van der Waals surface area contributed by atoms with Crippen molar-refractivity contribution in [2.45, 2.75) is 31.8 Å². The summed E-state index contributed by atoms with van der Waals surface area (Å²) in [7, 11) is -3.88. The molecule has 34 heavy (non-hydrogen) atoms. The molecule has 2 aromatic carbocycles. The lowest BCUT2D eigenvalue weighted by atomic mass is 10.0. The van der Waals surface area contributed by atoms with Gasteiger partial charge in [0, 0.05) is 24.7 Å². The van der Waals surface area contributed by atoms with Crippen molar-refractivity contribution >= 4 is 32.5 Å². The Morgan fingerprint density at radius 2 is 1.76 bits per heavy atom.